The first-order valence-corrected chi connectivity index (χ1v) is 11.1. The Balaban J connectivity index is 1.51. The second-order valence-electron chi connectivity index (χ2n) is 8.05. The first-order chi connectivity index (χ1) is 13.7. The van der Waals surface area contributed by atoms with E-state index in [9.17, 15) is 0 Å². The van der Waals surface area contributed by atoms with Crippen molar-refractivity contribution in [2.45, 2.75) is 44.4 Å². The van der Waals surface area contributed by atoms with Crippen LogP contribution in [0.3, 0.4) is 0 Å². The molecular weight excluding hydrogens is 414 g/mol. The summed E-state index contributed by atoms with van der Waals surface area (Å²) in [5, 5.41) is 7.45. The van der Waals surface area contributed by atoms with Crippen LogP contribution in [0, 0.1) is 0 Å². The van der Waals surface area contributed by atoms with Crippen molar-refractivity contribution in [2.75, 3.05) is 19.6 Å². The maximum Gasteiger partial charge on any atom is 0.200 e. The molecule has 28 heavy (non-hydrogen) atoms. The van der Waals surface area contributed by atoms with Gasteiger partial charge >= 0.3 is 0 Å². The Hall–Kier alpha value is -1.85. The van der Waals surface area contributed by atoms with Crippen LogP contribution in [-0.2, 0) is 0 Å². The van der Waals surface area contributed by atoms with E-state index in [2.05, 4.69) is 81.3 Å². The fourth-order valence-corrected chi connectivity index (χ4v) is 5.08. The topological polar surface area (TPSA) is 28.1 Å². The van der Waals surface area contributed by atoms with Gasteiger partial charge in [0.1, 0.15) is 5.75 Å². The highest BCUT2D eigenvalue weighted by Crippen LogP contribution is 2.49. The zero-order valence-corrected chi connectivity index (χ0v) is 17.9. The van der Waals surface area contributed by atoms with E-state index in [0.717, 1.165) is 48.3 Å². The van der Waals surface area contributed by atoms with Crippen LogP contribution < -0.4 is 4.74 Å². The van der Waals surface area contributed by atoms with E-state index in [-0.39, 0.29) is 11.8 Å². The Kier molecular flexibility index (Phi) is 4.68. The third kappa shape index (κ3) is 3.05. The lowest BCUT2D eigenvalue weighted by molar-refractivity contribution is -0.149. The first-order valence-electron chi connectivity index (χ1n) is 10.3. The van der Waals surface area contributed by atoms with Crippen molar-refractivity contribution in [1.29, 1.82) is 0 Å². The summed E-state index contributed by atoms with van der Waals surface area (Å²) in [6, 6.07) is 17.3. The fraction of sp³-hybridized carbons (Fsp3) is 0.435. The number of nitrogens with zero attached hydrogens (tertiary/aromatic N) is 3. The maximum atomic E-state index is 6.69. The smallest absolute Gasteiger partial charge is 0.200 e. The highest BCUT2D eigenvalue weighted by Gasteiger charge is 2.51. The minimum atomic E-state index is -0.319. The molecule has 0 unspecified atom stereocenters. The molecule has 3 aliphatic rings. The molecule has 0 radical (unpaired) electrons. The molecule has 1 spiro atoms. The molecule has 3 aliphatic heterocycles. The highest BCUT2D eigenvalue weighted by molar-refractivity contribution is 9.10. The molecule has 0 N–H and O–H groups in total. The Morgan fingerprint density at radius 2 is 1.86 bits per heavy atom. The van der Waals surface area contributed by atoms with Crippen molar-refractivity contribution in [2.24, 2.45) is 5.10 Å². The average Bonchev–Trinajstić information content (AvgIpc) is 3.17. The summed E-state index contributed by atoms with van der Waals surface area (Å²) in [5.41, 5.74) is 3.31. The quantitative estimate of drug-likeness (QED) is 0.657. The largest absolute Gasteiger partial charge is 0.466 e. The van der Waals surface area contributed by atoms with Crippen molar-refractivity contribution < 1.29 is 4.74 Å². The van der Waals surface area contributed by atoms with Gasteiger partial charge in [0.15, 0.2) is 0 Å². The molecule has 2 aromatic rings. The van der Waals surface area contributed by atoms with Gasteiger partial charge in [-0.25, -0.2) is 5.01 Å². The van der Waals surface area contributed by atoms with Crippen LogP contribution in [0.2, 0.25) is 0 Å². The Labute approximate surface area is 175 Å². The molecule has 0 aromatic heterocycles. The number of rotatable bonds is 3. The van der Waals surface area contributed by atoms with Gasteiger partial charge in [-0.3, -0.25) is 0 Å². The number of ether oxygens (including phenoxy) is 1. The third-order valence-electron chi connectivity index (χ3n) is 6.26. The number of hydrogen-bond donors (Lipinski definition) is 0. The summed E-state index contributed by atoms with van der Waals surface area (Å²) in [5.74, 6) is 1.04. The third-order valence-corrected chi connectivity index (χ3v) is 6.79. The number of likely N-dealkylation sites (tertiary alicyclic amines) is 1. The molecule has 0 aliphatic carbocycles. The predicted octanol–water partition coefficient (Wildman–Crippen LogP) is 5.19. The summed E-state index contributed by atoms with van der Waals surface area (Å²) in [4.78, 5) is 2.56. The van der Waals surface area contributed by atoms with E-state index < -0.39 is 0 Å². The van der Waals surface area contributed by atoms with E-state index in [1.807, 2.05) is 0 Å². The molecular formula is C23H26BrN3O. The van der Waals surface area contributed by atoms with Gasteiger partial charge in [-0.15, -0.1) is 0 Å². The molecule has 5 heteroatoms. The molecule has 5 rings (SSSR count). The van der Waals surface area contributed by atoms with E-state index in [1.165, 1.54) is 24.1 Å². The van der Waals surface area contributed by atoms with Gasteiger partial charge in [0.25, 0.3) is 0 Å². The van der Waals surface area contributed by atoms with Crippen molar-refractivity contribution in [1.82, 2.24) is 9.91 Å². The van der Waals surface area contributed by atoms with Gasteiger partial charge in [-0.1, -0.05) is 53.2 Å². The van der Waals surface area contributed by atoms with Crippen molar-refractivity contribution >= 4 is 21.6 Å². The number of halogens is 1. The molecule has 1 fully saturated rings. The zero-order chi connectivity index (χ0) is 19.1. The van der Waals surface area contributed by atoms with Crippen LogP contribution in [0.15, 0.2) is 58.1 Å². The molecule has 3 heterocycles. The number of hydrazone groups is 1. The van der Waals surface area contributed by atoms with Crippen molar-refractivity contribution in [3.05, 3.63) is 64.1 Å². The number of hydrogen-bond acceptors (Lipinski definition) is 4. The number of fused-ring (bicyclic) bond motifs is 4. The summed E-state index contributed by atoms with van der Waals surface area (Å²) in [6.45, 7) is 5.57. The molecule has 0 amide bonds. The number of benzene rings is 2. The zero-order valence-electron chi connectivity index (χ0n) is 16.3. The lowest BCUT2D eigenvalue weighted by Crippen LogP contribution is -2.59. The molecule has 2 aromatic carbocycles. The maximum absolute atomic E-state index is 6.69. The van der Waals surface area contributed by atoms with Gasteiger partial charge in [0.05, 0.1) is 11.8 Å². The fourth-order valence-electron chi connectivity index (χ4n) is 4.82. The number of piperidine rings is 1. The van der Waals surface area contributed by atoms with E-state index >= 15 is 0 Å². The van der Waals surface area contributed by atoms with Crippen LogP contribution in [0.25, 0.3) is 0 Å². The van der Waals surface area contributed by atoms with Gasteiger partial charge in [0.2, 0.25) is 5.72 Å². The summed E-state index contributed by atoms with van der Waals surface area (Å²) in [7, 11) is 0. The summed E-state index contributed by atoms with van der Waals surface area (Å²) in [6.07, 6.45) is 4.13. The van der Waals surface area contributed by atoms with Gasteiger partial charge in [-0.2, -0.15) is 5.10 Å². The lowest BCUT2D eigenvalue weighted by atomic mass is 9.90. The molecule has 4 nitrogen and oxygen atoms in total. The minimum Gasteiger partial charge on any atom is -0.466 e. The van der Waals surface area contributed by atoms with Crippen LogP contribution in [0.4, 0.5) is 0 Å². The van der Waals surface area contributed by atoms with Crippen molar-refractivity contribution in [3.8, 4) is 5.75 Å². The molecule has 1 saturated heterocycles. The summed E-state index contributed by atoms with van der Waals surface area (Å²) >= 11 is 3.54. The van der Waals surface area contributed by atoms with E-state index in [0.29, 0.717) is 0 Å². The average molecular weight is 440 g/mol. The molecule has 0 bridgehead atoms. The molecule has 0 saturated carbocycles. The number of para-hydroxylation sites is 1. The van der Waals surface area contributed by atoms with E-state index in [1.54, 1.807) is 0 Å². The lowest BCUT2D eigenvalue weighted by Gasteiger charge is -2.51. The monoisotopic (exact) mass is 439 g/mol. The van der Waals surface area contributed by atoms with Gasteiger partial charge in [-0.05, 0) is 36.7 Å². The van der Waals surface area contributed by atoms with Crippen molar-refractivity contribution in [3.63, 3.8) is 0 Å². The van der Waals surface area contributed by atoms with Crippen LogP contribution in [0.5, 0.6) is 5.75 Å². The molecule has 1 atom stereocenters. The standard InChI is InChI=1S/C23H26BrN3O/c1-2-13-26-14-11-23(12-15-26)27-21(19-5-3-4-6-22(19)28-23)16-20(25-27)17-7-9-18(24)10-8-17/h3-10,21H,2,11-16H2,1H3/t21-/m1/s1. The minimum absolute atomic E-state index is 0.265. The van der Waals surface area contributed by atoms with Crippen LogP contribution in [0.1, 0.15) is 49.8 Å². The van der Waals surface area contributed by atoms with Crippen LogP contribution >= 0.6 is 15.9 Å². The normalized spacial score (nSPS) is 23.1. The van der Waals surface area contributed by atoms with E-state index in [4.69, 9.17) is 9.84 Å². The second kappa shape index (κ2) is 7.20. The highest BCUT2D eigenvalue weighted by atomic mass is 79.9. The Bertz CT molecular complexity index is 887. The summed E-state index contributed by atoms with van der Waals surface area (Å²) < 4.78 is 7.79. The van der Waals surface area contributed by atoms with Gasteiger partial charge in [0, 0.05) is 42.4 Å². The Morgan fingerprint density at radius 1 is 1.11 bits per heavy atom. The second-order valence-corrected chi connectivity index (χ2v) is 8.96. The Morgan fingerprint density at radius 3 is 2.61 bits per heavy atom. The first kappa shape index (κ1) is 18.2. The SMILES string of the molecule is CCCN1CCC2(CC1)Oc1ccccc1[C@H]1CC(c3ccc(Br)cc3)=NN12. The van der Waals surface area contributed by atoms with Gasteiger partial charge < -0.3 is 9.64 Å². The predicted molar refractivity (Wildman–Crippen MR) is 116 cm³/mol. The van der Waals surface area contributed by atoms with Crippen LogP contribution in [-0.4, -0.2) is 41.0 Å². The molecule has 146 valence electrons.